The summed E-state index contributed by atoms with van der Waals surface area (Å²) in [6.45, 7) is 29.5. The molecule has 1 aliphatic heterocycles. The number of aliphatic hydroxyl groups excluding tert-OH is 1. The minimum Gasteiger partial charge on any atom is -0.493 e. The van der Waals surface area contributed by atoms with Gasteiger partial charge in [-0.05, 0) is 118 Å². The standard InChI is InChI=1S/C75H127N11O15/c1-27-29-32-50(15)65(88)64-68(91)78-54(28-2)70(93)79(18)42-61(87)80(19)58(40-47(9)10)73(96)86(35-30-31-36-101-43-53-33-34-59(99-25)60(41-53)100-26)63(49(13)14)75(98)81(20)55(37-44(3)4)67(90)76-51(16)66(89)77-52(17)69(92)82(21)56(38-45(5)6)71(94)83(22)57(39-46(7)8)72(95)84(23)62(48(11)12)74(97)85(64)24/h27,29-31,33-34,41,44-52,54-58,62-65,88H,28,32,35-40,42-43H2,1-26H3,(H,76,90)(H,77,89)(H,78,91)/b29-27+,31-30+/t50-,51+,52-,54+,55+,56+,57+,58+,62+,63+,64+,65-/m1/s1. The molecule has 572 valence electrons. The molecule has 0 unspecified atom stereocenters. The molecule has 1 fully saturated rings. The second-order valence-electron chi connectivity index (χ2n) is 29.7. The first-order valence-electron chi connectivity index (χ1n) is 35.9. The highest BCUT2D eigenvalue weighted by molar-refractivity contribution is 5.99. The molecule has 1 aromatic rings. The van der Waals surface area contributed by atoms with E-state index in [0.717, 1.165) is 15.4 Å². The predicted molar refractivity (Wildman–Crippen MR) is 390 cm³/mol. The average Bonchev–Trinajstić information content (AvgIpc) is 0.802. The first kappa shape index (κ1) is 89.5. The molecule has 1 aromatic carbocycles. The number of allylic oxidation sites excluding steroid dienone is 2. The van der Waals surface area contributed by atoms with Crippen molar-refractivity contribution in [3.63, 3.8) is 0 Å². The molecule has 0 saturated carbocycles. The lowest BCUT2D eigenvalue weighted by molar-refractivity contribution is -0.157. The fraction of sp³-hybridized carbons (Fsp3) is 0.720. The van der Waals surface area contributed by atoms with Crippen molar-refractivity contribution in [1.29, 1.82) is 0 Å². The molecular formula is C75H127N11O15. The van der Waals surface area contributed by atoms with E-state index in [1.54, 1.807) is 84.9 Å². The molecule has 101 heavy (non-hydrogen) atoms. The number of hydrogen-bond acceptors (Lipinski definition) is 15. The fourth-order valence-corrected chi connectivity index (χ4v) is 12.7. The van der Waals surface area contributed by atoms with Gasteiger partial charge in [-0.15, -0.1) is 0 Å². The minimum absolute atomic E-state index is 0.00508. The van der Waals surface area contributed by atoms with Crippen LogP contribution in [-0.4, -0.2) is 259 Å². The van der Waals surface area contributed by atoms with Gasteiger partial charge < -0.3 is 74.5 Å². The number of amides is 11. The van der Waals surface area contributed by atoms with Crippen LogP contribution in [0.1, 0.15) is 162 Å². The smallest absolute Gasteiger partial charge is 0.246 e. The Kier molecular flexibility index (Phi) is 37.3. The van der Waals surface area contributed by atoms with Crippen molar-refractivity contribution < 1.29 is 72.1 Å². The minimum atomic E-state index is -1.64. The molecule has 1 saturated heterocycles. The maximum absolute atomic E-state index is 15.8. The van der Waals surface area contributed by atoms with Crippen LogP contribution in [0.15, 0.2) is 42.5 Å². The van der Waals surface area contributed by atoms with Crippen LogP contribution in [0.2, 0.25) is 0 Å². The van der Waals surface area contributed by atoms with Crippen LogP contribution in [0.4, 0.5) is 0 Å². The van der Waals surface area contributed by atoms with Crippen molar-refractivity contribution in [2.24, 2.45) is 41.4 Å². The SMILES string of the molecule is C/C=C/C[C@@H](C)[C@@H](O)[C@H]1C(=O)N[C@@H](CC)C(=O)N(C)CC(=O)N(C)[C@@H](CC(C)C)C(=O)N(C/C=C/COCc2ccc(OC)c(OC)c2)[C@@H](C(C)C)C(=O)N(C)[C@@H](CC(C)C)C(=O)N[C@@H](C)C(=O)N[C@H](C)C(=O)N(C)[C@@H](CC(C)C)C(=O)N(C)[C@@H](CC(C)C)C(=O)N(C)[C@@H](C(C)C)C(=O)N1C. The zero-order chi connectivity index (χ0) is 77.4. The molecule has 4 N–H and O–H groups in total. The third kappa shape index (κ3) is 25.4. The van der Waals surface area contributed by atoms with Crippen LogP contribution in [-0.2, 0) is 64.1 Å². The first-order chi connectivity index (χ1) is 47.1. The second kappa shape index (κ2) is 42.1. The van der Waals surface area contributed by atoms with Crippen molar-refractivity contribution in [3.05, 3.63) is 48.1 Å². The summed E-state index contributed by atoms with van der Waals surface area (Å²) in [5.41, 5.74) is 0.795. The number of likely N-dealkylation sites (N-methyl/N-ethyl adjacent to an activating group) is 7. The Morgan fingerprint density at radius 3 is 1.47 bits per heavy atom. The van der Waals surface area contributed by atoms with E-state index in [1.807, 2.05) is 61.5 Å². The highest BCUT2D eigenvalue weighted by Crippen LogP contribution is 2.30. The van der Waals surface area contributed by atoms with Gasteiger partial charge in [0.05, 0.1) is 40.1 Å². The Morgan fingerprint density at radius 1 is 0.505 bits per heavy atom. The summed E-state index contributed by atoms with van der Waals surface area (Å²) in [7, 11) is 13.0. The number of nitrogens with zero attached hydrogens (tertiary/aromatic N) is 8. The highest BCUT2D eigenvalue weighted by Gasteiger charge is 2.46. The van der Waals surface area contributed by atoms with Crippen molar-refractivity contribution in [3.8, 4) is 11.5 Å². The Balaban J connectivity index is 3.09. The average molecular weight is 1420 g/mol. The Hall–Kier alpha value is -7.61. The molecule has 26 nitrogen and oxygen atoms in total. The van der Waals surface area contributed by atoms with E-state index in [1.165, 1.54) is 107 Å². The molecule has 11 amide bonds. The number of carbonyl (C=O) groups is 11. The van der Waals surface area contributed by atoms with E-state index in [9.17, 15) is 29.1 Å². The Bertz CT molecular complexity index is 2990. The lowest BCUT2D eigenvalue weighted by Gasteiger charge is -2.41. The van der Waals surface area contributed by atoms with Gasteiger partial charge >= 0.3 is 0 Å². The zero-order valence-corrected chi connectivity index (χ0v) is 65.7. The number of benzene rings is 1. The fourth-order valence-electron chi connectivity index (χ4n) is 12.7. The molecule has 0 bridgehead atoms. The molecule has 1 aliphatic rings. The van der Waals surface area contributed by atoms with Gasteiger partial charge in [0, 0.05) is 55.9 Å². The van der Waals surface area contributed by atoms with Crippen molar-refractivity contribution in [2.75, 3.05) is 83.2 Å². The Morgan fingerprint density at radius 2 is 0.970 bits per heavy atom. The molecular weight excluding hydrogens is 1290 g/mol. The van der Waals surface area contributed by atoms with Crippen molar-refractivity contribution in [2.45, 2.75) is 229 Å². The highest BCUT2D eigenvalue weighted by atomic mass is 16.5. The lowest BCUT2D eigenvalue weighted by Crippen LogP contribution is -2.63. The summed E-state index contributed by atoms with van der Waals surface area (Å²) in [5, 5.41) is 20.5. The van der Waals surface area contributed by atoms with Crippen molar-refractivity contribution >= 4 is 65.0 Å². The van der Waals surface area contributed by atoms with E-state index < -0.39 is 156 Å². The van der Waals surface area contributed by atoms with Gasteiger partial charge in [0.1, 0.15) is 60.4 Å². The summed E-state index contributed by atoms with van der Waals surface area (Å²) in [6.07, 6.45) is 6.22. The van der Waals surface area contributed by atoms with Gasteiger partial charge in [-0.3, -0.25) is 52.7 Å². The largest absolute Gasteiger partial charge is 0.493 e. The van der Waals surface area contributed by atoms with Crippen LogP contribution in [0.25, 0.3) is 0 Å². The zero-order valence-electron chi connectivity index (χ0n) is 65.7. The van der Waals surface area contributed by atoms with E-state index in [2.05, 4.69) is 16.0 Å². The molecule has 0 aliphatic carbocycles. The van der Waals surface area contributed by atoms with Gasteiger partial charge in [0.15, 0.2) is 11.5 Å². The third-order valence-electron chi connectivity index (χ3n) is 18.7. The second-order valence-corrected chi connectivity index (χ2v) is 29.7. The van der Waals surface area contributed by atoms with Crippen LogP contribution in [0.3, 0.4) is 0 Å². The lowest BCUT2D eigenvalue weighted by atomic mass is 9.91. The Labute approximate surface area is 603 Å². The van der Waals surface area contributed by atoms with Crippen LogP contribution >= 0.6 is 0 Å². The van der Waals surface area contributed by atoms with Crippen LogP contribution in [0, 0.1) is 41.4 Å². The summed E-state index contributed by atoms with van der Waals surface area (Å²) in [5.74, 6) is -9.07. The van der Waals surface area contributed by atoms with E-state index in [-0.39, 0.29) is 75.5 Å². The number of hydrogen-bond donors (Lipinski definition) is 4. The molecule has 1 heterocycles. The summed E-state index contributed by atoms with van der Waals surface area (Å²) in [4.78, 5) is 175. The molecule has 2 rings (SSSR count). The quantitative estimate of drug-likeness (QED) is 0.0747. The van der Waals surface area contributed by atoms with Gasteiger partial charge in [-0.2, -0.15) is 0 Å². The van der Waals surface area contributed by atoms with Crippen LogP contribution < -0.4 is 25.4 Å². The van der Waals surface area contributed by atoms with Crippen molar-refractivity contribution in [1.82, 2.24) is 55.1 Å². The molecule has 0 spiro atoms. The molecule has 26 heteroatoms. The monoisotopic (exact) mass is 1420 g/mol. The molecule has 0 aromatic heterocycles. The first-order valence-corrected chi connectivity index (χ1v) is 35.9. The summed E-state index contributed by atoms with van der Waals surface area (Å²) in [6, 6.07) is -7.41. The van der Waals surface area contributed by atoms with E-state index >= 15 is 28.8 Å². The van der Waals surface area contributed by atoms with E-state index in [0.29, 0.717) is 17.9 Å². The number of ether oxygens (including phenoxy) is 3. The third-order valence-corrected chi connectivity index (χ3v) is 18.7. The van der Waals surface area contributed by atoms with Gasteiger partial charge in [-0.25, -0.2) is 0 Å². The number of carbonyl (C=O) groups excluding carboxylic acids is 11. The summed E-state index contributed by atoms with van der Waals surface area (Å²) < 4.78 is 16.9. The maximum atomic E-state index is 15.8. The van der Waals surface area contributed by atoms with Crippen LogP contribution in [0.5, 0.6) is 11.5 Å². The molecule has 0 radical (unpaired) electrons. The van der Waals surface area contributed by atoms with Gasteiger partial charge in [-0.1, -0.05) is 127 Å². The number of aliphatic hydroxyl groups is 1. The predicted octanol–water partition coefficient (Wildman–Crippen LogP) is 5.77. The normalized spacial score (nSPS) is 24.6. The maximum Gasteiger partial charge on any atom is 0.246 e. The molecule has 12 atom stereocenters. The topological polar surface area (TPSA) is 298 Å². The summed E-state index contributed by atoms with van der Waals surface area (Å²) >= 11 is 0. The number of nitrogens with one attached hydrogen (secondary N) is 3. The van der Waals surface area contributed by atoms with Gasteiger partial charge in [0.2, 0.25) is 65.0 Å². The van der Waals surface area contributed by atoms with E-state index in [4.69, 9.17) is 14.2 Å². The number of methoxy groups -OCH3 is 2. The van der Waals surface area contributed by atoms with Gasteiger partial charge in [0.25, 0.3) is 0 Å². The number of rotatable bonds is 23.